The van der Waals surface area contributed by atoms with Crippen molar-refractivity contribution in [2.75, 3.05) is 5.32 Å². The van der Waals surface area contributed by atoms with Crippen molar-refractivity contribution in [3.63, 3.8) is 0 Å². The van der Waals surface area contributed by atoms with Crippen molar-refractivity contribution in [2.24, 2.45) is 5.73 Å². The number of hydrogen-bond donors (Lipinski definition) is 2. The molecule has 0 saturated carbocycles. The summed E-state index contributed by atoms with van der Waals surface area (Å²) in [6.45, 7) is 0.670. The summed E-state index contributed by atoms with van der Waals surface area (Å²) in [5.41, 5.74) is 6.73. The van der Waals surface area contributed by atoms with Crippen LogP contribution in [-0.2, 0) is 6.54 Å². The lowest BCUT2D eigenvalue weighted by Crippen LogP contribution is -2.10. The smallest absolute Gasteiger partial charge is 0.248 e. The quantitative estimate of drug-likeness (QED) is 0.834. The van der Waals surface area contributed by atoms with Gasteiger partial charge in [0.15, 0.2) is 0 Å². The lowest BCUT2D eigenvalue weighted by Gasteiger charge is -2.03. The fourth-order valence-corrected chi connectivity index (χ4v) is 1.63. The highest BCUT2D eigenvalue weighted by molar-refractivity contribution is 7.09. The molecule has 1 amide bonds. The second kappa shape index (κ2) is 4.71. The monoisotopic (exact) mass is 234 g/mol. The van der Waals surface area contributed by atoms with E-state index in [9.17, 15) is 4.79 Å². The summed E-state index contributed by atoms with van der Waals surface area (Å²) in [4.78, 5) is 10.8. The van der Waals surface area contributed by atoms with Gasteiger partial charge < -0.3 is 11.1 Å². The zero-order valence-corrected chi connectivity index (χ0v) is 9.20. The molecule has 2 aromatic rings. The minimum atomic E-state index is -0.411. The number of nitrogens with zero attached hydrogens (tertiary/aromatic N) is 2. The van der Waals surface area contributed by atoms with E-state index in [1.807, 2.05) is 12.1 Å². The van der Waals surface area contributed by atoms with Crippen molar-refractivity contribution >= 4 is 22.4 Å². The topological polar surface area (TPSA) is 80.9 Å². The Morgan fingerprint density at radius 2 is 2.12 bits per heavy atom. The number of primary amides is 1. The van der Waals surface area contributed by atoms with Gasteiger partial charge in [-0.25, -0.2) is 0 Å². The lowest BCUT2D eigenvalue weighted by atomic mass is 10.1. The minimum absolute atomic E-state index is 0.411. The summed E-state index contributed by atoms with van der Waals surface area (Å²) < 4.78 is 3.74. The molecule has 82 valence electrons. The van der Waals surface area contributed by atoms with Gasteiger partial charge in [-0.15, -0.1) is 5.10 Å². The van der Waals surface area contributed by atoms with E-state index in [0.29, 0.717) is 12.1 Å². The molecule has 0 atom stereocenters. The Kier molecular flexibility index (Phi) is 3.11. The molecule has 0 aliphatic carbocycles. The number of carbonyl (C=O) groups is 1. The van der Waals surface area contributed by atoms with Crippen molar-refractivity contribution in [1.82, 2.24) is 9.59 Å². The Morgan fingerprint density at radius 1 is 1.38 bits per heavy atom. The zero-order valence-electron chi connectivity index (χ0n) is 8.38. The Morgan fingerprint density at radius 3 is 2.69 bits per heavy atom. The molecule has 0 spiro atoms. The number of nitrogens with two attached hydrogens (primary N) is 1. The Hall–Kier alpha value is -1.95. The van der Waals surface area contributed by atoms with Gasteiger partial charge in [0.25, 0.3) is 0 Å². The van der Waals surface area contributed by atoms with Crippen LogP contribution in [0.15, 0.2) is 30.5 Å². The van der Waals surface area contributed by atoms with Crippen LogP contribution >= 0.6 is 11.5 Å². The van der Waals surface area contributed by atoms with Gasteiger partial charge in [0.2, 0.25) is 5.91 Å². The van der Waals surface area contributed by atoms with E-state index in [1.165, 1.54) is 11.5 Å². The van der Waals surface area contributed by atoms with Crippen LogP contribution in [0.4, 0.5) is 5.00 Å². The van der Waals surface area contributed by atoms with Gasteiger partial charge in [0, 0.05) is 23.6 Å². The van der Waals surface area contributed by atoms with Crippen LogP contribution in [0.2, 0.25) is 0 Å². The predicted octanol–water partition coefficient (Wildman–Crippen LogP) is 1.25. The minimum Gasteiger partial charge on any atom is -0.370 e. The van der Waals surface area contributed by atoms with Crippen molar-refractivity contribution in [2.45, 2.75) is 6.54 Å². The van der Waals surface area contributed by atoms with Gasteiger partial charge in [-0.2, -0.15) is 0 Å². The highest BCUT2D eigenvalue weighted by Gasteiger charge is 2.00. The van der Waals surface area contributed by atoms with E-state index in [-0.39, 0.29) is 0 Å². The number of benzene rings is 1. The highest BCUT2D eigenvalue weighted by atomic mass is 32.1. The van der Waals surface area contributed by atoms with Gasteiger partial charge in [0.05, 0.1) is 6.20 Å². The van der Waals surface area contributed by atoms with Crippen LogP contribution in [0.3, 0.4) is 0 Å². The fourth-order valence-electron chi connectivity index (χ4n) is 1.22. The number of amides is 1. The molecule has 5 nitrogen and oxygen atoms in total. The maximum absolute atomic E-state index is 10.8. The molecule has 1 heterocycles. The Bertz CT molecular complexity index is 466. The van der Waals surface area contributed by atoms with Gasteiger partial charge >= 0.3 is 0 Å². The van der Waals surface area contributed by atoms with Crippen LogP contribution in [-0.4, -0.2) is 15.5 Å². The molecule has 2 rings (SSSR count). The number of anilines is 1. The first-order valence-electron chi connectivity index (χ1n) is 4.65. The average Bonchev–Trinajstić information content (AvgIpc) is 2.80. The van der Waals surface area contributed by atoms with Crippen LogP contribution in [0.5, 0.6) is 0 Å². The third-order valence-electron chi connectivity index (χ3n) is 2.07. The largest absolute Gasteiger partial charge is 0.370 e. The van der Waals surface area contributed by atoms with Gasteiger partial charge in [-0.1, -0.05) is 16.6 Å². The predicted molar refractivity (Wildman–Crippen MR) is 62.2 cm³/mol. The first-order chi connectivity index (χ1) is 7.75. The molecule has 16 heavy (non-hydrogen) atoms. The third kappa shape index (κ3) is 2.54. The molecule has 6 heteroatoms. The molecule has 0 aliphatic rings. The highest BCUT2D eigenvalue weighted by Crippen LogP contribution is 2.11. The number of rotatable bonds is 4. The fraction of sp³-hybridized carbons (Fsp3) is 0.100. The van der Waals surface area contributed by atoms with E-state index in [1.54, 1.807) is 18.3 Å². The molecule has 0 bridgehead atoms. The average molecular weight is 234 g/mol. The van der Waals surface area contributed by atoms with Crippen molar-refractivity contribution < 1.29 is 4.79 Å². The molecule has 1 aromatic heterocycles. The van der Waals surface area contributed by atoms with Gasteiger partial charge in [0.1, 0.15) is 5.00 Å². The van der Waals surface area contributed by atoms with E-state index in [0.717, 1.165) is 10.6 Å². The third-order valence-corrected chi connectivity index (χ3v) is 2.69. The first kappa shape index (κ1) is 10.6. The SMILES string of the molecule is NC(=O)c1ccc(CNc2cnns2)cc1. The molecular weight excluding hydrogens is 224 g/mol. The first-order valence-corrected chi connectivity index (χ1v) is 5.43. The Labute approximate surface area is 96.5 Å². The summed E-state index contributed by atoms with van der Waals surface area (Å²) >= 11 is 1.30. The summed E-state index contributed by atoms with van der Waals surface area (Å²) in [6, 6.07) is 7.15. The van der Waals surface area contributed by atoms with Crippen LogP contribution in [0.25, 0.3) is 0 Å². The summed E-state index contributed by atoms with van der Waals surface area (Å²) in [6.07, 6.45) is 1.67. The summed E-state index contributed by atoms with van der Waals surface area (Å²) in [7, 11) is 0. The van der Waals surface area contributed by atoms with E-state index in [2.05, 4.69) is 14.9 Å². The normalized spacial score (nSPS) is 10.0. The van der Waals surface area contributed by atoms with E-state index in [4.69, 9.17) is 5.73 Å². The molecule has 0 unspecified atom stereocenters. The number of hydrogen-bond acceptors (Lipinski definition) is 5. The summed E-state index contributed by atoms with van der Waals surface area (Å²) in [5, 5.41) is 7.80. The number of carbonyl (C=O) groups excluding carboxylic acids is 1. The maximum atomic E-state index is 10.8. The van der Waals surface area contributed by atoms with Gasteiger partial charge in [-0.05, 0) is 17.7 Å². The number of aromatic nitrogens is 2. The molecule has 0 radical (unpaired) electrons. The van der Waals surface area contributed by atoms with E-state index >= 15 is 0 Å². The van der Waals surface area contributed by atoms with Crippen molar-refractivity contribution in [3.8, 4) is 0 Å². The second-order valence-electron chi connectivity index (χ2n) is 3.20. The van der Waals surface area contributed by atoms with Crippen LogP contribution in [0, 0.1) is 0 Å². The van der Waals surface area contributed by atoms with E-state index < -0.39 is 5.91 Å². The molecule has 3 N–H and O–H groups in total. The van der Waals surface area contributed by atoms with Crippen molar-refractivity contribution in [1.29, 1.82) is 0 Å². The lowest BCUT2D eigenvalue weighted by molar-refractivity contribution is 0.100. The summed E-state index contributed by atoms with van der Waals surface area (Å²) in [5.74, 6) is -0.411. The van der Waals surface area contributed by atoms with Crippen LogP contribution < -0.4 is 11.1 Å². The standard InChI is InChI=1S/C10H10N4OS/c11-10(15)8-3-1-7(2-4-8)5-12-9-6-13-14-16-9/h1-4,6,12H,5H2,(H2,11,15). The Balaban J connectivity index is 1.98. The molecule has 1 aromatic carbocycles. The maximum Gasteiger partial charge on any atom is 0.248 e. The van der Waals surface area contributed by atoms with Gasteiger partial charge in [-0.3, -0.25) is 4.79 Å². The van der Waals surface area contributed by atoms with Crippen molar-refractivity contribution in [3.05, 3.63) is 41.6 Å². The molecule has 0 aliphatic heterocycles. The zero-order chi connectivity index (χ0) is 11.4. The molecule has 0 saturated heterocycles. The molecule has 0 fully saturated rings. The second-order valence-corrected chi connectivity index (χ2v) is 3.98. The number of nitrogens with one attached hydrogen (secondary N) is 1. The van der Waals surface area contributed by atoms with Crippen LogP contribution in [0.1, 0.15) is 15.9 Å². The molecular formula is C10H10N4OS.